The third-order valence-electron chi connectivity index (χ3n) is 3.16. The molecular weight excluding hydrogens is 383 g/mol. The van der Waals surface area contributed by atoms with Crippen LogP contribution in [-0.4, -0.2) is 71.6 Å². The van der Waals surface area contributed by atoms with Gasteiger partial charge in [-0.3, -0.25) is 4.79 Å². The SMILES string of the molecule is O=C(N=P(Cl)(N1CCOCC1)N1CCOCC1)C(Cl)(Cl)Cl. The lowest BCUT2D eigenvalue weighted by Gasteiger charge is -2.42. The fraction of sp³-hybridized carbons (Fsp3) is 0.900. The van der Waals surface area contributed by atoms with Gasteiger partial charge in [0.2, 0.25) is 0 Å². The van der Waals surface area contributed by atoms with Crippen molar-refractivity contribution < 1.29 is 14.3 Å². The van der Waals surface area contributed by atoms with E-state index in [4.69, 9.17) is 55.5 Å². The van der Waals surface area contributed by atoms with Crippen molar-refractivity contribution in [1.29, 1.82) is 0 Å². The Bertz CT molecular complexity index is 412. The van der Waals surface area contributed by atoms with Gasteiger partial charge in [0.15, 0.2) is 6.71 Å². The van der Waals surface area contributed by atoms with E-state index in [1.54, 1.807) is 0 Å². The van der Waals surface area contributed by atoms with Gasteiger partial charge in [-0.25, -0.2) is 9.34 Å². The van der Waals surface area contributed by atoms with E-state index in [9.17, 15) is 4.79 Å². The normalized spacial score (nSPS) is 23.0. The number of morpholine rings is 2. The first-order chi connectivity index (χ1) is 9.84. The first-order valence-corrected chi connectivity index (χ1v) is 10.1. The summed E-state index contributed by atoms with van der Waals surface area (Å²) in [5, 5.41) is 0. The maximum absolute atomic E-state index is 12.0. The van der Waals surface area contributed by atoms with Crippen molar-refractivity contribution in [2.75, 3.05) is 52.6 Å². The Morgan fingerprint density at radius 2 is 1.33 bits per heavy atom. The van der Waals surface area contributed by atoms with Gasteiger partial charge < -0.3 is 9.47 Å². The topological polar surface area (TPSA) is 54.4 Å². The van der Waals surface area contributed by atoms with E-state index in [-0.39, 0.29) is 0 Å². The molecule has 0 spiro atoms. The molecule has 2 heterocycles. The molecule has 2 aliphatic heterocycles. The minimum absolute atomic E-state index is 0.538. The summed E-state index contributed by atoms with van der Waals surface area (Å²) in [6.45, 7) is 1.73. The molecule has 0 aromatic heterocycles. The molecule has 0 atom stereocenters. The lowest BCUT2D eigenvalue weighted by molar-refractivity contribution is -0.116. The highest BCUT2D eigenvalue weighted by atomic mass is 35.7. The summed E-state index contributed by atoms with van der Waals surface area (Å²) in [6, 6.07) is 0. The Morgan fingerprint density at radius 3 is 1.67 bits per heavy atom. The number of hydrogen-bond donors (Lipinski definition) is 0. The number of carbonyl (C=O) groups is 1. The minimum Gasteiger partial charge on any atom is -0.379 e. The molecule has 2 fully saturated rings. The third kappa shape index (κ3) is 4.69. The van der Waals surface area contributed by atoms with Crippen molar-refractivity contribution in [1.82, 2.24) is 9.34 Å². The van der Waals surface area contributed by atoms with E-state index in [0.29, 0.717) is 52.6 Å². The van der Waals surface area contributed by atoms with Crippen LogP contribution in [0.25, 0.3) is 0 Å². The molecule has 11 heteroatoms. The van der Waals surface area contributed by atoms with Crippen molar-refractivity contribution in [3.8, 4) is 0 Å². The number of halogens is 4. The Kier molecular flexibility index (Phi) is 6.64. The number of alkyl halides is 3. The van der Waals surface area contributed by atoms with Gasteiger partial charge in [-0.2, -0.15) is 4.74 Å². The zero-order valence-corrected chi connectivity index (χ0v) is 15.1. The Labute approximate surface area is 143 Å². The van der Waals surface area contributed by atoms with E-state index in [1.165, 1.54) is 0 Å². The van der Waals surface area contributed by atoms with Crippen LogP contribution >= 0.6 is 52.8 Å². The highest BCUT2D eigenvalue weighted by molar-refractivity contribution is 7.87. The fourth-order valence-corrected chi connectivity index (χ4v) is 5.85. The molecule has 2 aliphatic rings. The van der Waals surface area contributed by atoms with Crippen molar-refractivity contribution in [2.45, 2.75) is 3.79 Å². The second-order valence-corrected chi connectivity index (χ2v) is 10.5. The minimum atomic E-state index is -2.77. The van der Waals surface area contributed by atoms with Crippen LogP contribution in [0.2, 0.25) is 0 Å². The highest BCUT2D eigenvalue weighted by Crippen LogP contribution is 2.62. The van der Waals surface area contributed by atoms with E-state index < -0.39 is 16.4 Å². The Hall–Kier alpha value is 0.900. The molecule has 0 aromatic carbocycles. The van der Waals surface area contributed by atoms with E-state index in [0.717, 1.165) is 0 Å². The summed E-state index contributed by atoms with van der Waals surface area (Å²) in [5.74, 6) is -0.839. The summed E-state index contributed by atoms with van der Waals surface area (Å²) < 4.78 is 16.6. The standard InChI is InChI=1S/C10H16Cl4N3O3P/c11-10(12,13)9(18)15-21(14,16-1-5-19-6-2-16)17-3-7-20-8-4-17/h1-8H2. The van der Waals surface area contributed by atoms with Crippen LogP contribution < -0.4 is 0 Å². The monoisotopic (exact) mass is 397 g/mol. The molecule has 0 N–H and O–H groups in total. The first kappa shape index (κ1) is 18.2. The van der Waals surface area contributed by atoms with Gasteiger partial charge >= 0.3 is 0 Å². The predicted molar refractivity (Wildman–Crippen MR) is 85.3 cm³/mol. The van der Waals surface area contributed by atoms with Crippen LogP contribution in [0.4, 0.5) is 0 Å². The van der Waals surface area contributed by atoms with Gasteiger partial charge in [-0.15, -0.1) is 0 Å². The molecule has 0 bridgehead atoms. The Morgan fingerprint density at radius 1 is 0.952 bits per heavy atom. The average molecular weight is 399 g/mol. The average Bonchev–Trinajstić information content (AvgIpc) is 2.48. The van der Waals surface area contributed by atoms with Crippen LogP contribution in [0.3, 0.4) is 0 Å². The largest absolute Gasteiger partial charge is 0.379 e. The van der Waals surface area contributed by atoms with Gasteiger partial charge in [0, 0.05) is 26.2 Å². The van der Waals surface area contributed by atoms with E-state index in [1.807, 2.05) is 9.34 Å². The summed E-state index contributed by atoms with van der Waals surface area (Å²) in [5.41, 5.74) is 0. The quantitative estimate of drug-likeness (QED) is 0.528. The Balaban J connectivity index is 2.32. The fourth-order valence-electron chi connectivity index (χ4n) is 2.09. The lowest BCUT2D eigenvalue weighted by atomic mass is 10.5. The maximum atomic E-state index is 12.0. The number of nitrogens with zero attached hydrogens (tertiary/aromatic N) is 3. The zero-order chi connectivity index (χ0) is 15.5. The first-order valence-electron chi connectivity index (χ1n) is 6.43. The van der Waals surface area contributed by atoms with Crippen LogP contribution in [0.1, 0.15) is 0 Å². The van der Waals surface area contributed by atoms with Gasteiger partial charge in [0.25, 0.3) is 9.70 Å². The van der Waals surface area contributed by atoms with Crippen molar-refractivity contribution in [2.24, 2.45) is 4.74 Å². The summed E-state index contributed by atoms with van der Waals surface area (Å²) in [6.07, 6.45) is 0. The molecule has 122 valence electrons. The van der Waals surface area contributed by atoms with Gasteiger partial charge in [0.1, 0.15) is 0 Å². The molecule has 0 aromatic rings. The molecule has 0 saturated carbocycles. The van der Waals surface area contributed by atoms with Crippen LogP contribution in [0.5, 0.6) is 0 Å². The van der Waals surface area contributed by atoms with Gasteiger partial charge in [-0.05, 0) is 11.2 Å². The second kappa shape index (κ2) is 7.65. The predicted octanol–water partition coefficient (Wildman–Crippen LogP) is 2.73. The molecule has 0 radical (unpaired) electrons. The maximum Gasteiger partial charge on any atom is 0.299 e. The van der Waals surface area contributed by atoms with Gasteiger partial charge in [-0.1, -0.05) is 34.8 Å². The highest BCUT2D eigenvalue weighted by Gasteiger charge is 2.39. The molecule has 6 nitrogen and oxygen atoms in total. The van der Waals surface area contributed by atoms with Gasteiger partial charge in [0.05, 0.1) is 26.4 Å². The number of rotatable bonds is 2. The number of hydrogen-bond acceptors (Lipinski definition) is 3. The van der Waals surface area contributed by atoms with E-state index >= 15 is 0 Å². The molecule has 2 saturated heterocycles. The van der Waals surface area contributed by atoms with Crippen LogP contribution in [-0.2, 0) is 14.3 Å². The molecule has 0 unspecified atom stereocenters. The van der Waals surface area contributed by atoms with E-state index in [2.05, 4.69) is 4.74 Å². The zero-order valence-electron chi connectivity index (χ0n) is 11.2. The molecular formula is C10H16Cl4N3O3P. The molecule has 0 aliphatic carbocycles. The summed E-state index contributed by atoms with van der Waals surface area (Å²) >= 11 is 23.7. The van der Waals surface area contributed by atoms with Crippen molar-refractivity contribution in [3.05, 3.63) is 0 Å². The smallest absolute Gasteiger partial charge is 0.299 e. The number of carbonyl (C=O) groups excluding carboxylic acids is 1. The van der Waals surface area contributed by atoms with Crippen LogP contribution in [0.15, 0.2) is 4.74 Å². The van der Waals surface area contributed by atoms with Crippen molar-refractivity contribution in [3.63, 3.8) is 0 Å². The van der Waals surface area contributed by atoms with Crippen LogP contribution in [0, 0.1) is 0 Å². The number of ether oxygens (including phenoxy) is 2. The van der Waals surface area contributed by atoms with Crippen molar-refractivity contribution >= 4 is 58.7 Å². The number of amides is 1. The summed E-state index contributed by atoms with van der Waals surface area (Å²) in [4.78, 5) is 12.0. The summed E-state index contributed by atoms with van der Waals surface area (Å²) in [7, 11) is 0. The molecule has 21 heavy (non-hydrogen) atoms. The molecule has 1 amide bonds. The lowest BCUT2D eigenvalue weighted by Crippen LogP contribution is -2.42. The second-order valence-electron chi connectivity index (χ2n) is 4.53. The molecule has 2 rings (SSSR count). The third-order valence-corrected chi connectivity index (χ3v) is 7.83.